The van der Waals surface area contributed by atoms with Crippen LogP contribution in [0.1, 0.15) is 73.5 Å². The summed E-state index contributed by atoms with van der Waals surface area (Å²) in [4.78, 5) is 25.8. The highest BCUT2D eigenvalue weighted by molar-refractivity contribution is 6.14. The number of fused-ring (bicyclic) bond motifs is 1. The summed E-state index contributed by atoms with van der Waals surface area (Å²) >= 11 is 0. The Morgan fingerprint density at radius 1 is 0.929 bits per heavy atom. The van der Waals surface area contributed by atoms with Crippen molar-refractivity contribution in [3.05, 3.63) is 70.5 Å². The van der Waals surface area contributed by atoms with Crippen LogP contribution in [0.2, 0.25) is 0 Å². The Morgan fingerprint density at radius 3 is 2.07 bits per heavy atom. The minimum absolute atomic E-state index is 0.0208. The van der Waals surface area contributed by atoms with Gasteiger partial charge in [0, 0.05) is 12.6 Å². The van der Waals surface area contributed by atoms with Gasteiger partial charge in [-0.3, -0.25) is 9.59 Å². The lowest BCUT2D eigenvalue weighted by atomic mass is 9.62. The molecule has 0 saturated heterocycles. The first-order valence-electron chi connectivity index (χ1n) is 9.73. The van der Waals surface area contributed by atoms with Crippen LogP contribution in [0.25, 0.3) is 0 Å². The fourth-order valence-electron chi connectivity index (χ4n) is 4.13. The first kappa shape index (κ1) is 20.2. The molecule has 1 atom stereocenters. The Labute approximate surface area is 166 Å². The van der Waals surface area contributed by atoms with Gasteiger partial charge in [0.1, 0.15) is 11.7 Å². The minimum Gasteiger partial charge on any atom is -0.358 e. The quantitative estimate of drug-likeness (QED) is 0.606. The van der Waals surface area contributed by atoms with E-state index in [4.69, 9.17) is 0 Å². The van der Waals surface area contributed by atoms with Crippen LogP contribution in [-0.2, 0) is 15.6 Å². The van der Waals surface area contributed by atoms with Crippen LogP contribution < -0.4 is 5.32 Å². The predicted octanol–water partition coefficient (Wildman–Crippen LogP) is 4.89. The highest BCUT2D eigenvalue weighted by Gasteiger charge is 2.38. The summed E-state index contributed by atoms with van der Waals surface area (Å²) in [5.41, 5.74) is 3.52. The fraction of sp³-hybridized carbons (Fsp3) is 0.417. The van der Waals surface area contributed by atoms with E-state index in [1.165, 1.54) is 42.4 Å². The average molecular weight is 381 g/mol. The zero-order valence-electron chi connectivity index (χ0n) is 17.2. The Bertz CT molecular complexity index is 913. The molecule has 0 aliphatic heterocycles. The molecular formula is C24H28FNO2. The fourth-order valence-corrected chi connectivity index (χ4v) is 4.13. The molecule has 0 saturated carbocycles. The van der Waals surface area contributed by atoms with Crippen molar-refractivity contribution in [2.24, 2.45) is 0 Å². The van der Waals surface area contributed by atoms with Gasteiger partial charge in [0.25, 0.3) is 0 Å². The third-order valence-electron chi connectivity index (χ3n) is 6.11. The second kappa shape index (κ2) is 7.16. The average Bonchev–Trinajstić information content (AvgIpc) is 2.66. The molecule has 0 heterocycles. The molecule has 0 aromatic heterocycles. The maximum Gasteiger partial charge on any atom is 0.235 e. The molecule has 1 N–H and O–H groups in total. The Hall–Kier alpha value is -2.49. The number of nitrogens with one attached hydrogen (secondary N) is 1. The van der Waals surface area contributed by atoms with Gasteiger partial charge in [0.05, 0.1) is 0 Å². The van der Waals surface area contributed by atoms with Gasteiger partial charge in [-0.1, -0.05) is 45.9 Å². The van der Waals surface area contributed by atoms with Crippen molar-refractivity contribution in [2.75, 3.05) is 7.05 Å². The molecule has 0 bridgehead atoms. The number of amides is 1. The van der Waals surface area contributed by atoms with Crippen molar-refractivity contribution in [3.63, 3.8) is 0 Å². The lowest BCUT2D eigenvalue weighted by molar-refractivity contribution is -0.121. The summed E-state index contributed by atoms with van der Waals surface area (Å²) in [7, 11) is 1.53. The van der Waals surface area contributed by atoms with Gasteiger partial charge < -0.3 is 5.32 Å². The van der Waals surface area contributed by atoms with E-state index < -0.39 is 11.7 Å². The van der Waals surface area contributed by atoms with E-state index in [2.05, 4.69) is 39.1 Å². The van der Waals surface area contributed by atoms with Crippen LogP contribution >= 0.6 is 0 Å². The van der Waals surface area contributed by atoms with Crippen molar-refractivity contribution in [1.29, 1.82) is 0 Å². The molecule has 1 unspecified atom stereocenters. The maximum atomic E-state index is 13.3. The van der Waals surface area contributed by atoms with E-state index in [1.54, 1.807) is 0 Å². The second-order valence-corrected chi connectivity index (χ2v) is 8.99. The number of rotatable bonds is 4. The number of benzene rings is 2. The number of Topliss-reactive ketones (excluding diaryl/α,β-unsaturated/α-hetero) is 1. The van der Waals surface area contributed by atoms with E-state index in [1.807, 2.05) is 12.1 Å². The third-order valence-corrected chi connectivity index (χ3v) is 6.11. The smallest absolute Gasteiger partial charge is 0.235 e. The van der Waals surface area contributed by atoms with Crippen molar-refractivity contribution < 1.29 is 14.0 Å². The third kappa shape index (κ3) is 3.60. The standard InChI is InChI=1S/C24H28FNO2/c1-23(2)12-13-24(3,4)19-14-16(8-11-18(19)23)20(22(28)26-5)21(27)15-6-9-17(25)10-7-15/h6-11,14,20H,12-13H2,1-5H3,(H,26,28). The van der Waals surface area contributed by atoms with Crippen molar-refractivity contribution in [2.45, 2.75) is 57.3 Å². The molecule has 1 amide bonds. The molecule has 3 nitrogen and oxygen atoms in total. The molecule has 2 aromatic carbocycles. The molecule has 148 valence electrons. The van der Waals surface area contributed by atoms with Gasteiger partial charge in [0.15, 0.2) is 5.78 Å². The SMILES string of the molecule is CNC(=O)C(C(=O)c1ccc(F)cc1)c1ccc2c(c1)C(C)(C)CCC2(C)C. The molecule has 2 aromatic rings. The zero-order chi connectivity index (χ0) is 20.7. The molecular weight excluding hydrogens is 353 g/mol. The Morgan fingerprint density at radius 2 is 1.50 bits per heavy atom. The van der Waals surface area contributed by atoms with Crippen molar-refractivity contribution in [1.82, 2.24) is 5.32 Å². The van der Waals surface area contributed by atoms with E-state index in [-0.39, 0.29) is 22.5 Å². The van der Waals surface area contributed by atoms with Gasteiger partial charge in [-0.25, -0.2) is 4.39 Å². The number of likely N-dealkylation sites (N-methyl/N-ethyl adjacent to an activating group) is 1. The van der Waals surface area contributed by atoms with Gasteiger partial charge >= 0.3 is 0 Å². The number of carbonyl (C=O) groups excluding carboxylic acids is 2. The maximum absolute atomic E-state index is 13.3. The molecule has 1 aliphatic rings. The van der Waals surface area contributed by atoms with Gasteiger partial charge in [-0.2, -0.15) is 0 Å². The zero-order valence-corrected chi connectivity index (χ0v) is 17.2. The number of ketones is 1. The van der Waals surface area contributed by atoms with Crippen LogP contribution in [0.3, 0.4) is 0 Å². The Kier molecular flexibility index (Phi) is 5.18. The number of carbonyl (C=O) groups is 2. The highest BCUT2D eigenvalue weighted by Crippen LogP contribution is 2.46. The molecule has 4 heteroatoms. The van der Waals surface area contributed by atoms with E-state index in [0.29, 0.717) is 11.1 Å². The topological polar surface area (TPSA) is 46.2 Å². The van der Waals surface area contributed by atoms with Crippen LogP contribution in [0.4, 0.5) is 4.39 Å². The molecule has 0 fully saturated rings. The number of hydrogen-bond donors (Lipinski definition) is 1. The Balaban J connectivity index is 2.11. The first-order valence-corrected chi connectivity index (χ1v) is 9.73. The lowest BCUT2D eigenvalue weighted by Crippen LogP contribution is -2.35. The first-order chi connectivity index (χ1) is 13.1. The summed E-state index contributed by atoms with van der Waals surface area (Å²) < 4.78 is 13.3. The molecule has 0 radical (unpaired) electrons. The minimum atomic E-state index is -0.957. The van der Waals surface area contributed by atoms with Crippen LogP contribution in [0.5, 0.6) is 0 Å². The normalized spacial score (nSPS) is 18.1. The lowest BCUT2D eigenvalue weighted by Gasteiger charge is -2.42. The largest absolute Gasteiger partial charge is 0.358 e. The summed E-state index contributed by atoms with van der Waals surface area (Å²) in [5, 5.41) is 2.61. The van der Waals surface area contributed by atoms with E-state index >= 15 is 0 Å². The van der Waals surface area contributed by atoms with E-state index in [0.717, 1.165) is 12.8 Å². The van der Waals surface area contributed by atoms with Gasteiger partial charge in [0.2, 0.25) is 5.91 Å². The monoisotopic (exact) mass is 381 g/mol. The van der Waals surface area contributed by atoms with Crippen molar-refractivity contribution >= 4 is 11.7 Å². The van der Waals surface area contributed by atoms with Gasteiger partial charge in [-0.05, 0) is 64.6 Å². The summed E-state index contributed by atoms with van der Waals surface area (Å²) in [5.74, 6) is -2.05. The van der Waals surface area contributed by atoms with Crippen LogP contribution in [0, 0.1) is 5.82 Å². The predicted molar refractivity (Wildman–Crippen MR) is 109 cm³/mol. The van der Waals surface area contributed by atoms with Crippen LogP contribution in [-0.4, -0.2) is 18.7 Å². The molecule has 28 heavy (non-hydrogen) atoms. The summed E-state index contributed by atoms with van der Waals surface area (Å²) in [6, 6.07) is 11.3. The molecule has 3 rings (SSSR count). The summed E-state index contributed by atoms with van der Waals surface area (Å²) in [6.45, 7) is 8.89. The summed E-state index contributed by atoms with van der Waals surface area (Å²) in [6.07, 6.45) is 2.15. The number of hydrogen-bond acceptors (Lipinski definition) is 2. The highest BCUT2D eigenvalue weighted by atomic mass is 19.1. The van der Waals surface area contributed by atoms with Crippen LogP contribution in [0.15, 0.2) is 42.5 Å². The second-order valence-electron chi connectivity index (χ2n) is 8.99. The van der Waals surface area contributed by atoms with E-state index in [9.17, 15) is 14.0 Å². The molecule has 0 spiro atoms. The molecule has 1 aliphatic carbocycles. The number of halogens is 1. The van der Waals surface area contributed by atoms with Gasteiger partial charge in [-0.15, -0.1) is 0 Å². The van der Waals surface area contributed by atoms with Crippen molar-refractivity contribution in [3.8, 4) is 0 Å².